The topological polar surface area (TPSA) is 29.5 Å². The molecule has 0 saturated heterocycles. The molecular formula is C17H26O2. The van der Waals surface area contributed by atoms with Crippen LogP contribution >= 0.6 is 0 Å². The molecule has 1 N–H and O–H groups in total. The summed E-state index contributed by atoms with van der Waals surface area (Å²) in [6.07, 6.45) is 5.81. The minimum Gasteiger partial charge on any atom is -0.491 e. The summed E-state index contributed by atoms with van der Waals surface area (Å²) in [5.41, 5.74) is 3.65. The van der Waals surface area contributed by atoms with E-state index in [1.807, 2.05) is 0 Å². The highest BCUT2D eigenvalue weighted by molar-refractivity contribution is 5.41. The van der Waals surface area contributed by atoms with E-state index in [1.54, 1.807) is 0 Å². The number of benzene rings is 1. The van der Waals surface area contributed by atoms with Gasteiger partial charge in [0.1, 0.15) is 12.4 Å². The van der Waals surface area contributed by atoms with Gasteiger partial charge in [-0.1, -0.05) is 25.3 Å². The third kappa shape index (κ3) is 3.73. The molecule has 1 aromatic rings. The van der Waals surface area contributed by atoms with Gasteiger partial charge in [-0.2, -0.15) is 0 Å². The third-order valence-corrected chi connectivity index (χ3v) is 4.37. The van der Waals surface area contributed by atoms with Gasteiger partial charge in [0.25, 0.3) is 0 Å². The Hall–Kier alpha value is -1.02. The van der Waals surface area contributed by atoms with Gasteiger partial charge < -0.3 is 9.84 Å². The van der Waals surface area contributed by atoms with E-state index in [1.165, 1.54) is 36.0 Å². The van der Waals surface area contributed by atoms with Gasteiger partial charge in [0.15, 0.2) is 0 Å². The predicted octanol–water partition coefficient (Wildman–Crippen LogP) is 3.93. The van der Waals surface area contributed by atoms with E-state index < -0.39 is 0 Å². The zero-order valence-electron chi connectivity index (χ0n) is 12.4. The quantitative estimate of drug-likeness (QED) is 0.890. The van der Waals surface area contributed by atoms with E-state index in [9.17, 15) is 5.11 Å². The van der Waals surface area contributed by atoms with Gasteiger partial charge in [-0.3, -0.25) is 0 Å². The Bertz CT molecular complexity index is 420. The van der Waals surface area contributed by atoms with Crippen LogP contribution < -0.4 is 4.74 Å². The van der Waals surface area contributed by atoms with E-state index in [-0.39, 0.29) is 6.10 Å². The molecule has 0 bridgehead atoms. The SMILES string of the molecule is Cc1cc(C)c(C)c(OCC(O)C2CCCCC2)c1. The first kappa shape index (κ1) is 14.4. The van der Waals surface area contributed by atoms with Crippen molar-refractivity contribution in [2.75, 3.05) is 6.61 Å². The highest BCUT2D eigenvalue weighted by Crippen LogP contribution is 2.28. The van der Waals surface area contributed by atoms with Crippen LogP contribution in [0, 0.1) is 26.7 Å². The second-order valence-corrected chi connectivity index (χ2v) is 5.98. The van der Waals surface area contributed by atoms with Gasteiger partial charge in [0.05, 0.1) is 6.10 Å². The molecule has 1 saturated carbocycles. The summed E-state index contributed by atoms with van der Waals surface area (Å²) in [4.78, 5) is 0. The van der Waals surface area contributed by atoms with Crippen LogP contribution in [0.5, 0.6) is 5.75 Å². The van der Waals surface area contributed by atoms with Gasteiger partial charge in [0.2, 0.25) is 0 Å². The normalized spacial score (nSPS) is 18.3. The molecule has 0 aliphatic heterocycles. The lowest BCUT2D eigenvalue weighted by Gasteiger charge is -2.26. The highest BCUT2D eigenvalue weighted by atomic mass is 16.5. The molecule has 1 aliphatic carbocycles. The lowest BCUT2D eigenvalue weighted by atomic mass is 9.85. The molecular weight excluding hydrogens is 236 g/mol. The Kier molecular flexibility index (Phi) is 4.87. The number of aliphatic hydroxyl groups excluding tert-OH is 1. The molecule has 1 aliphatic rings. The van der Waals surface area contributed by atoms with E-state index in [4.69, 9.17) is 4.74 Å². The Morgan fingerprint density at radius 2 is 1.84 bits per heavy atom. The summed E-state index contributed by atoms with van der Waals surface area (Å²) >= 11 is 0. The van der Waals surface area contributed by atoms with Crippen LogP contribution in [0.15, 0.2) is 12.1 Å². The highest BCUT2D eigenvalue weighted by Gasteiger charge is 2.22. The Morgan fingerprint density at radius 1 is 1.16 bits per heavy atom. The Morgan fingerprint density at radius 3 is 2.53 bits per heavy atom. The maximum Gasteiger partial charge on any atom is 0.122 e. The van der Waals surface area contributed by atoms with Crippen molar-refractivity contribution in [3.05, 3.63) is 28.8 Å². The van der Waals surface area contributed by atoms with Gasteiger partial charge in [-0.05, 0) is 62.3 Å². The molecule has 2 nitrogen and oxygen atoms in total. The van der Waals surface area contributed by atoms with Gasteiger partial charge in [-0.15, -0.1) is 0 Å². The molecule has 106 valence electrons. The van der Waals surface area contributed by atoms with Crippen LogP contribution in [0.1, 0.15) is 48.8 Å². The molecule has 0 aromatic heterocycles. The summed E-state index contributed by atoms with van der Waals surface area (Å²) < 4.78 is 5.86. The van der Waals surface area contributed by atoms with E-state index in [0.717, 1.165) is 18.6 Å². The molecule has 0 spiro atoms. The smallest absolute Gasteiger partial charge is 0.122 e. The second-order valence-electron chi connectivity index (χ2n) is 5.98. The molecule has 1 unspecified atom stereocenters. The van der Waals surface area contributed by atoms with Crippen molar-refractivity contribution < 1.29 is 9.84 Å². The van der Waals surface area contributed by atoms with Crippen LogP contribution in [0.25, 0.3) is 0 Å². The minimum atomic E-state index is -0.319. The molecule has 0 heterocycles. The molecule has 2 rings (SSSR count). The number of hydrogen-bond acceptors (Lipinski definition) is 2. The van der Waals surface area contributed by atoms with Crippen molar-refractivity contribution in [2.24, 2.45) is 5.92 Å². The minimum absolute atomic E-state index is 0.319. The van der Waals surface area contributed by atoms with Gasteiger partial charge in [0, 0.05) is 0 Å². The summed E-state index contributed by atoms with van der Waals surface area (Å²) in [5, 5.41) is 10.2. The van der Waals surface area contributed by atoms with Crippen molar-refractivity contribution >= 4 is 0 Å². The molecule has 2 heteroatoms. The molecule has 0 amide bonds. The summed E-state index contributed by atoms with van der Waals surface area (Å²) in [5.74, 6) is 1.35. The summed E-state index contributed by atoms with van der Waals surface area (Å²) in [6.45, 7) is 6.69. The number of rotatable bonds is 4. The maximum atomic E-state index is 10.2. The molecule has 0 radical (unpaired) electrons. The number of aliphatic hydroxyl groups is 1. The van der Waals surface area contributed by atoms with E-state index in [0.29, 0.717) is 12.5 Å². The monoisotopic (exact) mass is 262 g/mol. The van der Waals surface area contributed by atoms with Gasteiger partial charge >= 0.3 is 0 Å². The number of hydrogen-bond donors (Lipinski definition) is 1. The summed E-state index contributed by atoms with van der Waals surface area (Å²) in [6, 6.07) is 4.23. The van der Waals surface area contributed by atoms with Crippen LogP contribution in [0.2, 0.25) is 0 Å². The first-order valence-electron chi connectivity index (χ1n) is 7.46. The van der Waals surface area contributed by atoms with Crippen molar-refractivity contribution in [1.29, 1.82) is 0 Å². The molecule has 1 fully saturated rings. The van der Waals surface area contributed by atoms with E-state index in [2.05, 4.69) is 32.9 Å². The first-order chi connectivity index (χ1) is 9.08. The fraction of sp³-hybridized carbons (Fsp3) is 0.647. The van der Waals surface area contributed by atoms with Crippen molar-refractivity contribution in [1.82, 2.24) is 0 Å². The lowest BCUT2D eigenvalue weighted by Crippen LogP contribution is -2.29. The maximum absolute atomic E-state index is 10.2. The van der Waals surface area contributed by atoms with Crippen molar-refractivity contribution in [3.8, 4) is 5.75 Å². The van der Waals surface area contributed by atoms with Crippen LogP contribution in [-0.4, -0.2) is 17.8 Å². The average Bonchev–Trinajstić information content (AvgIpc) is 2.41. The fourth-order valence-electron chi connectivity index (χ4n) is 2.98. The second kappa shape index (κ2) is 6.42. The Balaban J connectivity index is 1.94. The van der Waals surface area contributed by atoms with E-state index >= 15 is 0 Å². The largest absolute Gasteiger partial charge is 0.491 e. The predicted molar refractivity (Wildman–Crippen MR) is 78.7 cm³/mol. The average molecular weight is 262 g/mol. The fourth-order valence-corrected chi connectivity index (χ4v) is 2.98. The zero-order valence-corrected chi connectivity index (χ0v) is 12.4. The zero-order chi connectivity index (χ0) is 13.8. The standard InChI is InChI=1S/C17H26O2/c1-12-9-13(2)14(3)17(10-12)19-11-16(18)15-7-5-4-6-8-15/h9-10,15-16,18H,4-8,11H2,1-3H3. The Labute approximate surface area is 116 Å². The van der Waals surface area contributed by atoms with Crippen molar-refractivity contribution in [3.63, 3.8) is 0 Å². The lowest BCUT2D eigenvalue weighted by molar-refractivity contribution is 0.0411. The molecule has 1 aromatic carbocycles. The van der Waals surface area contributed by atoms with Gasteiger partial charge in [-0.25, -0.2) is 0 Å². The number of ether oxygens (including phenoxy) is 1. The third-order valence-electron chi connectivity index (χ3n) is 4.37. The van der Waals surface area contributed by atoms with Crippen LogP contribution in [0.4, 0.5) is 0 Å². The molecule has 1 atom stereocenters. The number of aryl methyl sites for hydroxylation is 2. The summed E-state index contributed by atoms with van der Waals surface area (Å²) in [7, 11) is 0. The van der Waals surface area contributed by atoms with Crippen molar-refractivity contribution in [2.45, 2.75) is 59.0 Å². The van der Waals surface area contributed by atoms with Crippen LogP contribution in [-0.2, 0) is 0 Å². The first-order valence-corrected chi connectivity index (χ1v) is 7.46. The molecule has 19 heavy (non-hydrogen) atoms. The van der Waals surface area contributed by atoms with Crippen LogP contribution in [0.3, 0.4) is 0 Å².